The molecule has 4 nitrogen and oxygen atoms in total. The van der Waals surface area contributed by atoms with Crippen LogP contribution in [-0.4, -0.2) is 16.2 Å². The van der Waals surface area contributed by atoms with E-state index in [-0.39, 0.29) is 5.56 Å². The van der Waals surface area contributed by atoms with Gasteiger partial charge in [-0.2, -0.15) is 0 Å². The minimum absolute atomic E-state index is 0.0906. The molecule has 0 N–H and O–H groups in total. The lowest BCUT2D eigenvalue weighted by molar-refractivity contribution is 0.338. The number of aromatic nitrogens is 2. The average molecular weight is 359 g/mol. The molecule has 2 aromatic carbocycles. The van der Waals surface area contributed by atoms with Gasteiger partial charge >= 0.3 is 0 Å². The van der Waals surface area contributed by atoms with Crippen molar-refractivity contribution in [1.82, 2.24) is 9.55 Å². The summed E-state index contributed by atoms with van der Waals surface area (Å²) in [6.45, 7) is 2.46. The first-order valence-corrected chi connectivity index (χ1v) is 8.17. The Kier molecular flexibility index (Phi) is 4.24. The van der Waals surface area contributed by atoms with Crippen LogP contribution in [0.4, 0.5) is 0 Å². The molecule has 0 aliphatic heterocycles. The lowest BCUT2D eigenvalue weighted by Crippen LogP contribution is -2.23. The van der Waals surface area contributed by atoms with Crippen LogP contribution in [0.1, 0.15) is 12.7 Å². The van der Waals surface area contributed by atoms with Gasteiger partial charge in [0.1, 0.15) is 11.6 Å². The number of ether oxygens (including phenoxy) is 1. The van der Waals surface area contributed by atoms with Crippen molar-refractivity contribution in [2.24, 2.45) is 0 Å². The third kappa shape index (κ3) is 2.52. The zero-order chi connectivity index (χ0) is 15.5. The Hall–Kier alpha value is -2.14. The fourth-order valence-electron chi connectivity index (χ4n) is 2.44. The van der Waals surface area contributed by atoms with Crippen molar-refractivity contribution >= 4 is 26.8 Å². The third-order valence-electron chi connectivity index (χ3n) is 3.37. The Morgan fingerprint density at radius 3 is 2.64 bits per heavy atom. The lowest BCUT2D eigenvalue weighted by atomic mass is 10.2. The summed E-state index contributed by atoms with van der Waals surface area (Å²) < 4.78 is 7.27. The Labute approximate surface area is 136 Å². The number of nitrogens with zero attached hydrogens (tertiary/aromatic N) is 2. The zero-order valence-corrected chi connectivity index (χ0v) is 13.7. The molecule has 0 aliphatic carbocycles. The van der Waals surface area contributed by atoms with Crippen LogP contribution < -0.4 is 10.3 Å². The topological polar surface area (TPSA) is 44.1 Å². The van der Waals surface area contributed by atoms with E-state index in [0.29, 0.717) is 40.1 Å². The maximum Gasteiger partial charge on any atom is 0.266 e. The van der Waals surface area contributed by atoms with Gasteiger partial charge in [-0.1, -0.05) is 40.2 Å². The fourth-order valence-corrected chi connectivity index (χ4v) is 2.81. The highest BCUT2D eigenvalue weighted by Gasteiger charge is 2.14. The van der Waals surface area contributed by atoms with E-state index >= 15 is 0 Å². The van der Waals surface area contributed by atoms with Crippen LogP contribution in [0.15, 0.2) is 53.3 Å². The number of benzene rings is 2. The number of para-hydroxylation sites is 3. The summed E-state index contributed by atoms with van der Waals surface area (Å²) in [7, 11) is 0. The van der Waals surface area contributed by atoms with Crippen LogP contribution in [0.25, 0.3) is 16.6 Å². The smallest absolute Gasteiger partial charge is 0.266 e. The summed E-state index contributed by atoms with van der Waals surface area (Å²) in [6.07, 6.45) is 0. The molecule has 1 aromatic heterocycles. The van der Waals surface area contributed by atoms with E-state index in [4.69, 9.17) is 4.74 Å². The van der Waals surface area contributed by atoms with Crippen molar-refractivity contribution < 1.29 is 4.74 Å². The molecular formula is C17H15BrN2O2. The van der Waals surface area contributed by atoms with Gasteiger partial charge in [0, 0.05) is 0 Å². The monoisotopic (exact) mass is 358 g/mol. The van der Waals surface area contributed by atoms with Crippen molar-refractivity contribution in [3.63, 3.8) is 0 Å². The van der Waals surface area contributed by atoms with Gasteiger partial charge in [-0.25, -0.2) is 4.98 Å². The first-order chi connectivity index (χ1) is 10.8. The average Bonchev–Trinajstić information content (AvgIpc) is 2.56. The van der Waals surface area contributed by atoms with Crippen LogP contribution in [0, 0.1) is 0 Å². The molecule has 0 saturated heterocycles. The van der Waals surface area contributed by atoms with E-state index < -0.39 is 0 Å². The van der Waals surface area contributed by atoms with Crippen molar-refractivity contribution in [2.45, 2.75) is 12.3 Å². The Morgan fingerprint density at radius 2 is 1.86 bits per heavy atom. The molecule has 0 bridgehead atoms. The van der Waals surface area contributed by atoms with Crippen molar-refractivity contribution in [2.75, 3.05) is 6.61 Å². The molecule has 112 valence electrons. The maximum atomic E-state index is 12.9. The zero-order valence-electron chi connectivity index (χ0n) is 12.1. The standard InChI is InChI=1S/C17H15BrN2O2/c1-2-22-15-10-6-5-9-14(15)20-16(11-18)19-13-8-4-3-7-12(13)17(20)21/h3-10H,2,11H2,1H3. The Balaban J connectivity index is 2.35. The molecule has 0 atom stereocenters. The molecule has 0 amide bonds. The highest BCUT2D eigenvalue weighted by Crippen LogP contribution is 2.24. The molecule has 1 heterocycles. The number of hydrogen-bond acceptors (Lipinski definition) is 3. The minimum Gasteiger partial charge on any atom is -0.492 e. The predicted molar refractivity (Wildman–Crippen MR) is 91.1 cm³/mol. The first-order valence-electron chi connectivity index (χ1n) is 7.05. The molecule has 5 heteroatoms. The summed E-state index contributed by atoms with van der Waals surface area (Å²) >= 11 is 3.43. The Morgan fingerprint density at radius 1 is 1.14 bits per heavy atom. The van der Waals surface area contributed by atoms with E-state index in [1.165, 1.54) is 0 Å². The largest absolute Gasteiger partial charge is 0.492 e. The molecule has 3 aromatic rings. The van der Waals surface area contributed by atoms with E-state index in [0.717, 1.165) is 0 Å². The first kappa shape index (κ1) is 14.8. The van der Waals surface area contributed by atoms with Crippen LogP contribution in [0.5, 0.6) is 5.75 Å². The summed E-state index contributed by atoms with van der Waals surface area (Å²) in [5.41, 5.74) is 1.32. The van der Waals surface area contributed by atoms with Crippen LogP contribution in [-0.2, 0) is 5.33 Å². The van der Waals surface area contributed by atoms with Gasteiger partial charge in [0.25, 0.3) is 5.56 Å². The molecule has 3 rings (SSSR count). The number of rotatable bonds is 4. The normalized spacial score (nSPS) is 10.8. The molecular weight excluding hydrogens is 344 g/mol. The molecule has 22 heavy (non-hydrogen) atoms. The quantitative estimate of drug-likeness (QED) is 0.668. The highest BCUT2D eigenvalue weighted by molar-refractivity contribution is 9.08. The van der Waals surface area contributed by atoms with E-state index in [1.807, 2.05) is 49.4 Å². The summed E-state index contributed by atoms with van der Waals surface area (Å²) in [5, 5.41) is 1.08. The summed E-state index contributed by atoms with van der Waals surface area (Å²) in [5.74, 6) is 1.32. The van der Waals surface area contributed by atoms with E-state index in [9.17, 15) is 4.79 Å². The Bertz CT molecular complexity index is 874. The lowest BCUT2D eigenvalue weighted by Gasteiger charge is -2.15. The molecule has 0 spiro atoms. The van der Waals surface area contributed by atoms with Crippen LogP contribution in [0.2, 0.25) is 0 Å². The SMILES string of the molecule is CCOc1ccccc1-n1c(CBr)nc2ccccc2c1=O. The van der Waals surface area contributed by atoms with Gasteiger partial charge in [-0.3, -0.25) is 9.36 Å². The van der Waals surface area contributed by atoms with Gasteiger partial charge in [0.2, 0.25) is 0 Å². The van der Waals surface area contributed by atoms with E-state index in [2.05, 4.69) is 20.9 Å². The van der Waals surface area contributed by atoms with Crippen molar-refractivity contribution in [1.29, 1.82) is 0 Å². The molecule has 0 aliphatic rings. The number of alkyl halides is 1. The van der Waals surface area contributed by atoms with Crippen molar-refractivity contribution in [3.8, 4) is 11.4 Å². The van der Waals surface area contributed by atoms with Crippen molar-refractivity contribution in [3.05, 3.63) is 64.7 Å². The maximum absolute atomic E-state index is 12.9. The number of fused-ring (bicyclic) bond motifs is 1. The molecule has 0 saturated carbocycles. The second-order valence-electron chi connectivity index (χ2n) is 4.72. The van der Waals surface area contributed by atoms with E-state index in [1.54, 1.807) is 10.6 Å². The van der Waals surface area contributed by atoms with Crippen LogP contribution in [0.3, 0.4) is 0 Å². The van der Waals surface area contributed by atoms with Gasteiger partial charge < -0.3 is 4.74 Å². The number of halogens is 1. The minimum atomic E-state index is -0.0906. The molecule has 0 unspecified atom stereocenters. The second kappa shape index (κ2) is 6.32. The summed E-state index contributed by atoms with van der Waals surface area (Å²) in [4.78, 5) is 17.5. The second-order valence-corrected chi connectivity index (χ2v) is 5.28. The number of hydrogen-bond donors (Lipinski definition) is 0. The van der Waals surface area contributed by atoms with Crippen LogP contribution >= 0.6 is 15.9 Å². The predicted octanol–water partition coefficient (Wildman–Crippen LogP) is 3.68. The summed E-state index contributed by atoms with van der Waals surface area (Å²) in [6, 6.07) is 14.9. The highest BCUT2D eigenvalue weighted by atomic mass is 79.9. The van der Waals surface area contributed by atoms with Gasteiger partial charge in [-0.15, -0.1) is 0 Å². The van der Waals surface area contributed by atoms with Gasteiger partial charge in [0.05, 0.1) is 28.5 Å². The molecule has 0 fully saturated rings. The van der Waals surface area contributed by atoms with Gasteiger partial charge in [0.15, 0.2) is 0 Å². The fraction of sp³-hybridized carbons (Fsp3) is 0.176. The van der Waals surface area contributed by atoms with Gasteiger partial charge in [-0.05, 0) is 31.2 Å². The molecule has 0 radical (unpaired) electrons. The third-order valence-corrected chi connectivity index (χ3v) is 3.87.